The molecular weight excluding hydrogens is 489 g/mol. The fourth-order valence-electron chi connectivity index (χ4n) is 4.11. The molecule has 0 aliphatic carbocycles. The number of aromatic nitrogens is 1. The highest BCUT2D eigenvalue weighted by atomic mass is 32.2. The lowest BCUT2D eigenvalue weighted by molar-refractivity contribution is 0.0588. The van der Waals surface area contributed by atoms with Gasteiger partial charge in [-0.3, -0.25) is 4.79 Å². The Hall–Kier alpha value is -3.34. The molecule has 0 unspecified atom stereocenters. The molecule has 1 aliphatic heterocycles. The first-order valence-corrected chi connectivity index (χ1v) is 13.4. The smallest absolute Gasteiger partial charge is 0.253 e. The zero-order chi connectivity index (χ0) is 24.6. The summed E-state index contributed by atoms with van der Waals surface area (Å²) in [6.45, 7) is 1.04. The highest BCUT2D eigenvalue weighted by Gasteiger charge is 2.25. The van der Waals surface area contributed by atoms with Crippen molar-refractivity contribution in [2.75, 3.05) is 13.1 Å². The third kappa shape index (κ3) is 4.90. The maximum absolute atomic E-state index is 13.8. The van der Waals surface area contributed by atoms with E-state index in [-0.39, 0.29) is 28.5 Å². The molecule has 4 aromatic rings. The molecule has 0 bridgehead atoms. The van der Waals surface area contributed by atoms with Crippen LogP contribution in [0, 0.1) is 5.82 Å². The normalized spacial score (nSPS) is 14.9. The number of para-hydroxylation sites is 2. The Morgan fingerprint density at radius 3 is 2.43 bits per heavy atom. The van der Waals surface area contributed by atoms with Gasteiger partial charge in [-0.25, -0.2) is 22.9 Å². The van der Waals surface area contributed by atoms with E-state index in [1.54, 1.807) is 59.5 Å². The number of nitrogens with zero attached hydrogens (tertiary/aromatic N) is 2. The lowest BCUT2D eigenvalue weighted by atomic mass is 10.1. The molecule has 10 heteroatoms. The van der Waals surface area contributed by atoms with Gasteiger partial charge in [0.25, 0.3) is 5.91 Å². The van der Waals surface area contributed by atoms with Gasteiger partial charge in [-0.15, -0.1) is 11.3 Å². The summed E-state index contributed by atoms with van der Waals surface area (Å²) >= 11 is 1.36. The number of carbonyl (C=O) groups is 1. The molecule has 3 aromatic carbocycles. The topological polar surface area (TPSA) is 103 Å². The summed E-state index contributed by atoms with van der Waals surface area (Å²) < 4.78 is 44.1. The van der Waals surface area contributed by atoms with Crippen molar-refractivity contribution in [1.29, 1.82) is 0 Å². The van der Waals surface area contributed by atoms with Crippen molar-refractivity contribution in [2.24, 2.45) is 5.14 Å². The van der Waals surface area contributed by atoms with Crippen LogP contribution in [-0.4, -0.2) is 43.4 Å². The second-order valence-electron chi connectivity index (χ2n) is 8.28. The van der Waals surface area contributed by atoms with Crippen LogP contribution in [0.5, 0.6) is 5.75 Å². The molecule has 1 aliphatic rings. The van der Waals surface area contributed by atoms with Crippen LogP contribution in [0.15, 0.2) is 71.6 Å². The van der Waals surface area contributed by atoms with Crippen LogP contribution in [0.25, 0.3) is 20.8 Å². The summed E-state index contributed by atoms with van der Waals surface area (Å²) in [5.41, 5.74) is 1.67. The molecule has 1 fully saturated rings. The van der Waals surface area contributed by atoms with E-state index in [0.717, 1.165) is 5.56 Å². The molecule has 180 valence electrons. The first-order valence-electron chi connectivity index (χ1n) is 11.0. The molecule has 7 nitrogen and oxygen atoms in total. The maximum Gasteiger partial charge on any atom is 0.253 e. The molecule has 1 saturated heterocycles. The van der Waals surface area contributed by atoms with E-state index in [4.69, 9.17) is 9.88 Å². The number of likely N-dealkylation sites (tertiary alicyclic amines) is 1. The van der Waals surface area contributed by atoms with Crippen molar-refractivity contribution >= 4 is 37.5 Å². The van der Waals surface area contributed by atoms with Crippen molar-refractivity contribution in [3.63, 3.8) is 0 Å². The molecule has 35 heavy (non-hydrogen) atoms. The van der Waals surface area contributed by atoms with Gasteiger partial charge in [-0.05, 0) is 36.4 Å². The van der Waals surface area contributed by atoms with Crippen molar-refractivity contribution in [2.45, 2.75) is 23.8 Å². The summed E-state index contributed by atoms with van der Waals surface area (Å²) in [6, 6.07) is 18.3. The highest BCUT2D eigenvalue weighted by Crippen LogP contribution is 2.33. The Kier molecular flexibility index (Phi) is 6.26. The van der Waals surface area contributed by atoms with E-state index >= 15 is 0 Å². The van der Waals surface area contributed by atoms with Crippen molar-refractivity contribution in [1.82, 2.24) is 9.88 Å². The number of carbonyl (C=O) groups excluding carboxylic acids is 1. The van der Waals surface area contributed by atoms with Crippen LogP contribution < -0.4 is 9.88 Å². The van der Waals surface area contributed by atoms with Gasteiger partial charge in [0, 0.05) is 37.1 Å². The number of hydrogen-bond acceptors (Lipinski definition) is 6. The van der Waals surface area contributed by atoms with Crippen LogP contribution in [0.4, 0.5) is 4.39 Å². The largest absolute Gasteiger partial charge is 0.487 e. The highest BCUT2D eigenvalue weighted by molar-refractivity contribution is 7.89. The predicted molar refractivity (Wildman–Crippen MR) is 132 cm³/mol. The van der Waals surface area contributed by atoms with Crippen molar-refractivity contribution in [3.8, 4) is 16.3 Å². The number of piperidine rings is 1. The minimum Gasteiger partial charge on any atom is -0.487 e. The fraction of sp³-hybridized carbons (Fsp3) is 0.200. The average molecular weight is 512 g/mol. The Labute approximate surface area is 206 Å². The molecule has 1 amide bonds. The van der Waals surface area contributed by atoms with Crippen LogP contribution >= 0.6 is 11.3 Å². The summed E-state index contributed by atoms with van der Waals surface area (Å²) in [7, 11) is -3.89. The lowest BCUT2D eigenvalue weighted by Crippen LogP contribution is -2.41. The number of ether oxygens (including phenoxy) is 1. The lowest BCUT2D eigenvalue weighted by Gasteiger charge is -2.32. The Balaban J connectivity index is 1.26. The van der Waals surface area contributed by atoms with Crippen LogP contribution in [0.1, 0.15) is 23.2 Å². The third-order valence-electron chi connectivity index (χ3n) is 5.93. The first kappa shape index (κ1) is 23.4. The third-order valence-corrected chi connectivity index (χ3v) is 7.94. The average Bonchev–Trinajstić information content (AvgIpc) is 3.29. The zero-order valence-corrected chi connectivity index (χ0v) is 20.2. The summed E-state index contributed by atoms with van der Waals surface area (Å²) in [6.07, 6.45) is 1.10. The first-order chi connectivity index (χ1) is 16.8. The Bertz CT molecular complexity index is 1490. The number of halogens is 1. The monoisotopic (exact) mass is 511 g/mol. The van der Waals surface area contributed by atoms with Crippen LogP contribution in [0.2, 0.25) is 0 Å². The minimum atomic E-state index is -3.89. The quantitative estimate of drug-likeness (QED) is 0.427. The van der Waals surface area contributed by atoms with Gasteiger partial charge in [0.1, 0.15) is 21.5 Å². The van der Waals surface area contributed by atoms with Gasteiger partial charge in [0.2, 0.25) is 10.0 Å². The molecule has 0 spiro atoms. The van der Waals surface area contributed by atoms with Crippen molar-refractivity contribution in [3.05, 3.63) is 78.1 Å². The predicted octanol–water partition coefficient (Wildman–Crippen LogP) is 4.43. The molecule has 0 radical (unpaired) electrons. The Morgan fingerprint density at radius 2 is 1.74 bits per heavy atom. The second-order valence-corrected chi connectivity index (χ2v) is 10.8. The Morgan fingerprint density at radius 1 is 1.03 bits per heavy atom. The molecule has 2 heterocycles. The van der Waals surface area contributed by atoms with E-state index in [1.807, 2.05) is 0 Å². The second kappa shape index (κ2) is 9.37. The molecular formula is C25H22FN3O4S2. The van der Waals surface area contributed by atoms with E-state index in [1.165, 1.54) is 23.5 Å². The molecule has 0 saturated carbocycles. The number of nitrogens with two attached hydrogens (primary N) is 1. The van der Waals surface area contributed by atoms with E-state index in [2.05, 4.69) is 4.98 Å². The summed E-state index contributed by atoms with van der Waals surface area (Å²) in [5.74, 6) is -0.235. The number of thiazole rings is 1. The number of amides is 1. The van der Waals surface area contributed by atoms with Gasteiger partial charge >= 0.3 is 0 Å². The van der Waals surface area contributed by atoms with Crippen LogP contribution in [-0.2, 0) is 10.0 Å². The molecule has 0 atom stereocenters. The van der Waals surface area contributed by atoms with Gasteiger partial charge in [-0.2, -0.15) is 0 Å². The van der Waals surface area contributed by atoms with Crippen molar-refractivity contribution < 1.29 is 22.3 Å². The zero-order valence-electron chi connectivity index (χ0n) is 18.6. The fourth-order valence-corrected chi connectivity index (χ4v) is 5.87. The van der Waals surface area contributed by atoms with Gasteiger partial charge < -0.3 is 9.64 Å². The number of primary sulfonamides is 1. The van der Waals surface area contributed by atoms with E-state index < -0.39 is 10.0 Å². The summed E-state index contributed by atoms with van der Waals surface area (Å²) in [5, 5.41) is 5.96. The molecule has 5 rings (SSSR count). The molecule has 1 aromatic heterocycles. The maximum atomic E-state index is 13.8. The number of hydrogen-bond donors (Lipinski definition) is 1. The number of fused-ring (bicyclic) bond motifs is 1. The standard InChI is InChI=1S/C25H22FN3O4S2/c26-19-4-1-2-5-20(19)33-18-12-14-29(15-13-18)25(30)17-10-8-16(9-11-17)24-28-23-21(34-24)6-3-7-22(23)35(27,31)32/h1-11,18H,12-15H2,(H2,27,31,32). The number of rotatable bonds is 5. The number of benzene rings is 3. The minimum absolute atomic E-state index is 0.00770. The SMILES string of the molecule is NS(=O)(=O)c1cccc2sc(-c3ccc(C(=O)N4CCC(Oc5ccccc5F)CC4)cc3)nc12. The van der Waals surface area contributed by atoms with E-state index in [9.17, 15) is 17.6 Å². The number of sulfonamides is 1. The van der Waals surface area contributed by atoms with Gasteiger partial charge in [-0.1, -0.05) is 30.3 Å². The summed E-state index contributed by atoms with van der Waals surface area (Å²) in [4.78, 5) is 19.2. The molecule has 2 N–H and O–H groups in total. The van der Waals surface area contributed by atoms with Crippen LogP contribution in [0.3, 0.4) is 0 Å². The van der Waals surface area contributed by atoms with Gasteiger partial charge in [0.05, 0.1) is 4.70 Å². The van der Waals surface area contributed by atoms with Gasteiger partial charge in [0.15, 0.2) is 11.6 Å². The van der Waals surface area contributed by atoms with E-state index in [0.29, 0.717) is 46.7 Å².